The van der Waals surface area contributed by atoms with E-state index < -0.39 is 11.7 Å². The minimum Gasteiger partial charge on any atom is -0.369 e. The predicted molar refractivity (Wildman–Crippen MR) is 95.4 cm³/mol. The molecule has 0 fully saturated rings. The van der Waals surface area contributed by atoms with Gasteiger partial charge in [0.15, 0.2) is 0 Å². The molecule has 0 saturated carbocycles. The maximum absolute atomic E-state index is 13.1. The molecule has 0 bridgehead atoms. The molecular formula is C17H14ClFN2O2S. The lowest BCUT2D eigenvalue weighted by Crippen LogP contribution is -2.13. The third-order valence-electron chi connectivity index (χ3n) is 2.89. The number of para-hydroxylation sites is 1. The Kier molecular flexibility index (Phi) is 6.40. The van der Waals surface area contributed by atoms with E-state index in [4.69, 9.17) is 17.3 Å². The molecule has 2 rings (SSSR count). The van der Waals surface area contributed by atoms with Crippen LogP contribution in [0, 0.1) is 5.82 Å². The van der Waals surface area contributed by atoms with Gasteiger partial charge in [-0.05, 0) is 35.9 Å². The Labute approximate surface area is 147 Å². The van der Waals surface area contributed by atoms with Crippen LogP contribution in [0.2, 0.25) is 5.02 Å². The van der Waals surface area contributed by atoms with Crippen molar-refractivity contribution in [2.24, 2.45) is 5.73 Å². The van der Waals surface area contributed by atoms with Gasteiger partial charge in [-0.15, -0.1) is 11.8 Å². The summed E-state index contributed by atoms with van der Waals surface area (Å²) in [6.07, 6.45) is 2.85. The van der Waals surface area contributed by atoms with E-state index in [1.807, 2.05) is 0 Å². The number of primary amides is 1. The molecule has 0 aliphatic heterocycles. The molecule has 2 amide bonds. The van der Waals surface area contributed by atoms with Crippen LogP contribution in [0.5, 0.6) is 0 Å². The number of halogens is 2. The molecule has 0 atom stereocenters. The van der Waals surface area contributed by atoms with Crippen molar-refractivity contribution in [3.8, 4) is 0 Å². The third kappa shape index (κ3) is 5.40. The minimum atomic E-state index is -0.515. The summed E-state index contributed by atoms with van der Waals surface area (Å²) < 4.78 is 13.1. The Morgan fingerprint density at radius 2 is 2.00 bits per heavy atom. The van der Waals surface area contributed by atoms with Crippen molar-refractivity contribution in [2.75, 3.05) is 11.1 Å². The molecule has 0 unspecified atom stereocenters. The maximum atomic E-state index is 13.1. The molecule has 0 aliphatic carbocycles. The number of benzene rings is 2. The molecule has 0 heterocycles. The van der Waals surface area contributed by atoms with Crippen LogP contribution in [0.15, 0.2) is 53.4 Å². The van der Waals surface area contributed by atoms with Crippen molar-refractivity contribution in [3.63, 3.8) is 0 Å². The second-order valence-corrected chi connectivity index (χ2v) is 6.17. The molecule has 0 aliphatic rings. The lowest BCUT2D eigenvalue weighted by Gasteiger charge is -2.08. The number of rotatable bonds is 6. The number of nitrogens with two attached hydrogens (primary N) is 1. The SMILES string of the molecule is NC(=O)CSc1ccccc1NC(=O)/C=C/c1ccc(F)c(Cl)c1. The second-order valence-electron chi connectivity index (χ2n) is 4.75. The van der Waals surface area contributed by atoms with Crippen LogP contribution < -0.4 is 11.1 Å². The normalized spacial score (nSPS) is 10.8. The lowest BCUT2D eigenvalue weighted by molar-refractivity contribution is -0.115. The van der Waals surface area contributed by atoms with Crippen LogP contribution in [0.3, 0.4) is 0 Å². The largest absolute Gasteiger partial charge is 0.369 e. The van der Waals surface area contributed by atoms with Gasteiger partial charge in [0.2, 0.25) is 11.8 Å². The summed E-state index contributed by atoms with van der Waals surface area (Å²) in [5.41, 5.74) is 6.31. The fraction of sp³-hybridized carbons (Fsp3) is 0.0588. The Hall–Kier alpha value is -2.31. The van der Waals surface area contributed by atoms with Gasteiger partial charge >= 0.3 is 0 Å². The molecular weight excluding hydrogens is 351 g/mol. The quantitative estimate of drug-likeness (QED) is 0.606. The van der Waals surface area contributed by atoms with E-state index in [1.165, 1.54) is 42.1 Å². The molecule has 0 spiro atoms. The average Bonchev–Trinajstić information content (AvgIpc) is 2.55. The van der Waals surface area contributed by atoms with E-state index in [0.717, 1.165) is 4.90 Å². The molecule has 124 valence electrons. The zero-order valence-electron chi connectivity index (χ0n) is 12.5. The summed E-state index contributed by atoms with van der Waals surface area (Å²) in [5.74, 6) is -1.19. The monoisotopic (exact) mass is 364 g/mol. The topological polar surface area (TPSA) is 72.2 Å². The zero-order valence-corrected chi connectivity index (χ0v) is 14.0. The number of carbonyl (C=O) groups is 2. The first-order valence-corrected chi connectivity index (χ1v) is 8.26. The summed E-state index contributed by atoms with van der Waals surface area (Å²) >= 11 is 6.93. The average molecular weight is 365 g/mol. The highest BCUT2D eigenvalue weighted by Gasteiger charge is 2.06. The van der Waals surface area contributed by atoms with E-state index in [-0.39, 0.29) is 16.7 Å². The van der Waals surface area contributed by atoms with Gasteiger partial charge in [-0.3, -0.25) is 9.59 Å². The molecule has 3 N–H and O–H groups in total. The zero-order chi connectivity index (χ0) is 17.5. The van der Waals surface area contributed by atoms with E-state index in [1.54, 1.807) is 24.3 Å². The van der Waals surface area contributed by atoms with Crippen molar-refractivity contribution in [3.05, 3.63) is 64.9 Å². The first-order chi connectivity index (χ1) is 11.5. The van der Waals surface area contributed by atoms with Gasteiger partial charge in [-0.2, -0.15) is 0 Å². The highest BCUT2D eigenvalue weighted by Crippen LogP contribution is 2.26. The van der Waals surface area contributed by atoms with E-state index in [0.29, 0.717) is 11.3 Å². The second kappa shape index (κ2) is 8.52. The van der Waals surface area contributed by atoms with Gasteiger partial charge in [0.1, 0.15) is 5.82 Å². The first kappa shape index (κ1) is 18.0. The fourth-order valence-corrected chi connectivity index (χ4v) is 2.74. The Morgan fingerprint density at radius 1 is 1.25 bits per heavy atom. The van der Waals surface area contributed by atoms with Gasteiger partial charge in [0, 0.05) is 11.0 Å². The highest BCUT2D eigenvalue weighted by atomic mass is 35.5. The molecule has 0 radical (unpaired) electrons. The van der Waals surface area contributed by atoms with Crippen molar-refractivity contribution in [2.45, 2.75) is 4.90 Å². The fourth-order valence-electron chi connectivity index (χ4n) is 1.81. The molecule has 0 saturated heterocycles. The highest BCUT2D eigenvalue weighted by molar-refractivity contribution is 8.00. The van der Waals surface area contributed by atoms with Crippen LogP contribution in [0.4, 0.5) is 10.1 Å². The predicted octanol–water partition coefficient (Wildman–Crippen LogP) is 3.71. The minimum absolute atomic E-state index is 0.00856. The number of nitrogens with one attached hydrogen (secondary N) is 1. The van der Waals surface area contributed by atoms with Gasteiger partial charge in [-0.1, -0.05) is 29.8 Å². The first-order valence-electron chi connectivity index (χ1n) is 6.90. The number of carbonyl (C=O) groups excluding carboxylic acids is 2. The van der Waals surface area contributed by atoms with Crippen LogP contribution in [0.25, 0.3) is 6.08 Å². The van der Waals surface area contributed by atoms with Gasteiger partial charge < -0.3 is 11.1 Å². The van der Waals surface area contributed by atoms with Crippen LogP contribution >= 0.6 is 23.4 Å². The summed E-state index contributed by atoms with van der Waals surface area (Å²) in [5, 5.41) is 2.72. The Balaban J connectivity index is 2.05. The number of amides is 2. The molecule has 2 aromatic rings. The van der Waals surface area contributed by atoms with Crippen molar-refractivity contribution < 1.29 is 14.0 Å². The van der Waals surface area contributed by atoms with E-state index in [9.17, 15) is 14.0 Å². The van der Waals surface area contributed by atoms with E-state index >= 15 is 0 Å². The molecule has 7 heteroatoms. The smallest absolute Gasteiger partial charge is 0.248 e. The molecule has 2 aromatic carbocycles. The van der Waals surface area contributed by atoms with E-state index in [2.05, 4.69) is 5.32 Å². The van der Waals surface area contributed by atoms with Crippen LogP contribution in [0.1, 0.15) is 5.56 Å². The summed E-state index contributed by atoms with van der Waals surface area (Å²) in [6.45, 7) is 0. The summed E-state index contributed by atoms with van der Waals surface area (Å²) in [6, 6.07) is 11.3. The van der Waals surface area contributed by atoms with Crippen molar-refractivity contribution in [1.29, 1.82) is 0 Å². The van der Waals surface area contributed by atoms with Crippen molar-refractivity contribution in [1.82, 2.24) is 0 Å². The van der Waals surface area contributed by atoms with Gasteiger partial charge in [0.25, 0.3) is 0 Å². The number of anilines is 1. The number of hydrogen-bond donors (Lipinski definition) is 2. The van der Waals surface area contributed by atoms with Crippen LogP contribution in [-0.4, -0.2) is 17.6 Å². The number of thioether (sulfide) groups is 1. The number of hydrogen-bond acceptors (Lipinski definition) is 3. The standard InChI is InChI=1S/C17H14ClFN2O2S/c18-12-9-11(5-7-13(12)19)6-8-17(23)21-14-3-1-2-4-15(14)24-10-16(20)22/h1-9H,10H2,(H2,20,22)(H,21,23)/b8-6+. The molecule has 24 heavy (non-hydrogen) atoms. The lowest BCUT2D eigenvalue weighted by atomic mass is 10.2. The van der Waals surface area contributed by atoms with Crippen LogP contribution in [-0.2, 0) is 9.59 Å². The summed E-state index contributed by atoms with van der Waals surface area (Å²) in [4.78, 5) is 23.6. The molecule has 0 aromatic heterocycles. The van der Waals surface area contributed by atoms with Crippen molar-refractivity contribution >= 4 is 46.9 Å². The third-order valence-corrected chi connectivity index (χ3v) is 4.27. The Bertz CT molecular complexity index is 796. The summed E-state index contributed by atoms with van der Waals surface area (Å²) in [7, 11) is 0. The van der Waals surface area contributed by atoms with Gasteiger partial charge in [-0.25, -0.2) is 4.39 Å². The maximum Gasteiger partial charge on any atom is 0.248 e. The Morgan fingerprint density at radius 3 is 2.71 bits per heavy atom. The van der Waals surface area contributed by atoms with Gasteiger partial charge in [0.05, 0.1) is 16.5 Å². The molecule has 4 nitrogen and oxygen atoms in total.